The Labute approximate surface area is 99.1 Å². The van der Waals surface area contributed by atoms with Gasteiger partial charge in [0.25, 0.3) is 0 Å². The summed E-state index contributed by atoms with van der Waals surface area (Å²) in [6.45, 7) is -0.100. The lowest BCUT2D eigenvalue weighted by Crippen LogP contribution is -2.21. The zero-order valence-corrected chi connectivity index (χ0v) is 9.55. The van der Waals surface area contributed by atoms with Gasteiger partial charge in [-0.3, -0.25) is 0 Å². The van der Waals surface area contributed by atoms with E-state index in [0.717, 1.165) is 5.56 Å². The van der Waals surface area contributed by atoms with Crippen molar-refractivity contribution < 1.29 is 19.4 Å². The first-order valence-electron chi connectivity index (χ1n) is 5.06. The molecular weight excluding hydrogens is 224 g/mol. The molecule has 1 aromatic rings. The molecule has 0 heterocycles. The number of hydrogen-bond donors (Lipinski definition) is 3. The van der Waals surface area contributed by atoms with E-state index < -0.39 is 12.6 Å². The molecule has 0 fully saturated rings. The van der Waals surface area contributed by atoms with Crippen LogP contribution in [0.15, 0.2) is 18.2 Å². The molecule has 5 N–H and O–H groups in total. The number of carboxylic acid groups (broad SMARTS) is 1. The second-order valence-corrected chi connectivity index (χ2v) is 3.43. The van der Waals surface area contributed by atoms with E-state index in [9.17, 15) is 4.79 Å². The van der Waals surface area contributed by atoms with Crippen LogP contribution in [-0.4, -0.2) is 31.3 Å². The van der Waals surface area contributed by atoms with Crippen LogP contribution >= 0.6 is 0 Å². The summed E-state index contributed by atoms with van der Waals surface area (Å²) in [7, 11) is 1.50. The number of benzene rings is 1. The van der Waals surface area contributed by atoms with E-state index in [0.29, 0.717) is 18.0 Å². The highest BCUT2D eigenvalue weighted by Gasteiger charge is 2.11. The number of carboxylic acids is 1. The minimum absolute atomic E-state index is 0.297. The Kier molecular flexibility index (Phi) is 4.74. The predicted octanol–water partition coefficient (Wildman–Crippen LogP) is 0.117. The first kappa shape index (κ1) is 13.3. The maximum Gasteiger partial charge on any atom is 0.341 e. The van der Waals surface area contributed by atoms with E-state index in [1.807, 2.05) is 0 Å². The van der Waals surface area contributed by atoms with Gasteiger partial charge in [0, 0.05) is 24.2 Å². The third kappa shape index (κ3) is 3.61. The molecule has 1 atom stereocenters. The fraction of sp³-hybridized carbons (Fsp3) is 0.364. The zero-order valence-electron chi connectivity index (χ0n) is 9.55. The first-order valence-corrected chi connectivity index (χ1v) is 5.06. The predicted molar refractivity (Wildman–Crippen MR) is 62.1 cm³/mol. The summed E-state index contributed by atoms with van der Waals surface area (Å²) in [5.74, 6) is -0.0882. The summed E-state index contributed by atoms with van der Waals surface area (Å²) in [5.41, 5.74) is 12.0. The first-order chi connectivity index (χ1) is 8.08. The number of aliphatic carboxylic acids is 1. The largest absolute Gasteiger partial charge is 0.496 e. The molecule has 0 aliphatic rings. The van der Waals surface area contributed by atoms with Crippen LogP contribution < -0.4 is 20.9 Å². The Morgan fingerprint density at radius 2 is 2.24 bits per heavy atom. The van der Waals surface area contributed by atoms with Crippen LogP contribution in [0.2, 0.25) is 0 Å². The van der Waals surface area contributed by atoms with Gasteiger partial charge in [0.05, 0.1) is 7.11 Å². The molecule has 1 unspecified atom stereocenters. The normalized spacial score (nSPS) is 11.9. The molecular formula is C11H16N2O4. The lowest BCUT2D eigenvalue weighted by Gasteiger charge is -2.15. The van der Waals surface area contributed by atoms with Crippen LogP contribution in [0, 0.1) is 0 Å². The number of nitrogens with two attached hydrogens (primary N) is 2. The van der Waals surface area contributed by atoms with E-state index in [1.165, 1.54) is 7.11 Å². The average molecular weight is 240 g/mol. The topological polar surface area (TPSA) is 108 Å². The Balaban J connectivity index is 2.88. The van der Waals surface area contributed by atoms with Crippen molar-refractivity contribution in [1.29, 1.82) is 0 Å². The molecule has 1 rings (SSSR count). The van der Waals surface area contributed by atoms with Crippen LogP contribution in [0.3, 0.4) is 0 Å². The lowest BCUT2D eigenvalue weighted by molar-refractivity contribution is -0.139. The van der Waals surface area contributed by atoms with E-state index in [2.05, 4.69) is 0 Å². The molecule has 0 aliphatic carbocycles. The SMILES string of the molecule is COc1cc(OCC(=O)O)ccc1C(N)CN. The van der Waals surface area contributed by atoms with Gasteiger partial charge in [-0.2, -0.15) is 0 Å². The average Bonchev–Trinajstić information content (AvgIpc) is 2.34. The maximum atomic E-state index is 10.4. The van der Waals surface area contributed by atoms with Gasteiger partial charge in [-0.15, -0.1) is 0 Å². The van der Waals surface area contributed by atoms with E-state index in [4.69, 9.17) is 26.0 Å². The van der Waals surface area contributed by atoms with E-state index in [-0.39, 0.29) is 6.04 Å². The standard InChI is InChI=1S/C11H16N2O4/c1-16-10-4-7(17-6-11(14)15)2-3-8(10)9(13)5-12/h2-4,9H,5-6,12-13H2,1H3,(H,14,15). The van der Waals surface area contributed by atoms with E-state index in [1.54, 1.807) is 18.2 Å². The molecule has 94 valence electrons. The maximum absolute atomic E-state index is 10.4. The highest BCUT2D eigenvalue weighted by atomic mass is 16.5. The van der Waals surface area contributed by atoms with Gasteiger partial charge < -0.3 is 26.0 Å². The lowest BCUT2D eigenvalue weighted by atomic mass is 10.1. The minimum Gasteiger partial charge on any atom is -0.496 e. The van der Waals surface area contributed by atoms with Crippen molar-refractivity contribution in [2.24, 2.45) is 11.5 Å². The van der Waals surface area contributed by atoms with Crippen molar-refractivity contribution in [2.75, 3.05) is 20.3 Å². The molecule has 0 aromatic heterocycles. The highest BCUT2D eigenvalue weighted by molar-refractivity contribution is 5.68. The molecule has 0 spiro atoms. The monoisotopic (exact) mass is 240 g/mol. The summed E-state index contributed by atoms with van der Waals surface area (Å²) in [4.78, 5) is 10.4. The Bertz CT molecular complexity index is 395. The van der Waals surface area contributed by atoms with Gasteiger partial charge in [-0.1, -0.05) is 6.07 Å². The number of rotatable bonds is 6. The summed E-state index contributed by atoms with van der Waals surface area (Å²) >= 11 is 0. The minimum atomic E-state index is -1.04. The second kappa shape index (κ2) is 6.07. The second-order valence-electron chi connectivity index (χ2n) is 3.43. The number of methoxy groups -OCH3 is 1. The third-order valence-corrected chi connectivity index (χ3v) is 2.22. The Morgan fingerprint density at radius 3 is 2.76 bits per heavy atom. The van der Waals surface area contributed by atoms with Gasteiger partial charge in [-0.05, 0) is 6.07 Å². The van der Waals surface area contributed by atoms with E-state index >= 15 is 0 Å². The quantitative estimate of drug-likeness (QED) is 0.651. The van der Waals surface area contributed by atoms with Crippen molar-refractivity contribution in [3.8, 4) is 11.5 Å². The fourth-order valence-corrected chi connectivity index (χ4v) is 1.36. The zero-order chi connectivity index (χ0) is 12.8. The summed E-state index contributed by atoms with van der Waals surface area (Å²) < 4.78 is 10.2. The van der Waals surface area contributed by atoms with Crippen LogP contribution in [-0.2, 0) is 4.79 Å². The molecule has 6 nitrogen and oxygen atoms in total. The molecule has 0 aliphatic heterocycles. The third-order valence-electron chi connectivity index (χ3n) is 2.22. The smallest absolute Gasteiger partial charge is 0.341 e. The molecule has 6 heteroatoms. The highest BCUT2D eigenvalue weighted by Crippen LogP contribution is 2.28. The molecule has 0 bridgehead atoms. The summed E-state index contributed by atoms with van der Waals surface area (Å²) in [5, 5.41) is 8.49. The van der Waals surface area contributed by atoms with Crippen molar-refractivity contribution in [1.82, 2.24) is 0 Å². The van der Waals surface area contributed by atoms with Crippen LogP contribution in [0.1, 0.15) is 11.6 Å². The number of hydrogen-bond acceptors (Lipinski definition) is 5. The fourth-order valence-electron chi connectivity index (χ4n) is 1.36. The summed E-state index contributed by atoms with van der Waals surface area (Å²) in [6, 6.07) is 4.62. The Morgan fingerprint density at radius 1 is 1.53 bits per heavy atom. The van der Waals surface area contributed by atoms with Gasteiger partial charge in [0.1, 0.15) is 11.5 Å². The molecule has 0 amide bonds. The van der Waals surface area contributed by atoms with Crippen molar-refractivity contribution in [3.05, 3.63) is 23.8 Å². The van der Waals surface area contributed by atoms with Crippen molar-refractivity contribution in [2.45, 2.75) is 6.04 Å². The summed E-state index contributed by atoms with van der Waals surface area (Å²) in [6.07, 6.45) is 0. The van der Waals surface area contributed by atoms with Gasteiger partial charge in [-0.25, -0.2) is 4.79 Å². The van der Waals surface area contributed by atoms with Gasteiger partial charge in [0.2, 0.25) is 0 Å². The molecule has 17 heavy (non-hydrogen) atoms. The number of carbonyl (C=O) groups is 1. The van der Waals surface area contributed by atoms with Crippen LogP contribution in [0.25, 0.3) is 0 Å². The van der Waals surface area contributed by atoms with Crippen LogP contribution in [0.5, 0.6) is 11.5 Å². The Hall–Kier alpha value is -1.79. The van der Waals surface area contributed by atoms with Crippen LogP contribution in [0.4, 0.5) is 0 Å². The number of ether oxygens (including phenoxy) is 2. The van der Waals surface area contributed by atoms with Crippen molar-refractivity contribution >= 4 is 5.97 Å². The molecule has 0 saturated heterocycles. The van der Waals surface area contributed by atoms with Gasteiger partial charge >= 0.3 is 5.97 Å². The molecule has 1 aromatic carbocycles. The van der Waals surface area contributed by atoms with Gasteiger partial charge in [0.15, 0.2) is 6.61 Å². The molecule has 0 saturated carbocycles. The molecule has 0 radical (unpaired) electrons. The van der Waals surface area contributed by atoms with Crippen molar-refractivity contribution in [3.63, 3.8) is 0 Å².